The van der Waals surface area contributed by atoms with Crippen molar-refractivity contribution in [1.29, 1.82) is 0 Å². The molecule has 0 aromatic heterocycles. The summed E-state index contributed by atoms with van der Waals surface area (Å²) in [6.45, 7) is 2.13. The van der Waals surface area contributed by atoms with Gasteiger partial charge in [-0.3, -0.25) is 0 Å². The summed E-state index contributed by atoms with van der Waals surface area (Å²) in [5, 5.41) is 7.37. The van der Waals surface area contributed by atoms with Crippen LogP contribution in [0.2, 0.25) is 0 Å². The van der Waals surface area contributed by atoms with Gasteiger partial charge in [0, 0.05) is 0 Å². The lowest BCUT2D eigenvalue weighted by Crippen LogP contribution is -2.31. The average Bonchev–Trinajstić information content (AvgIpc) is 2.75. The molecule has 0 aliphatic carbocycles. The van der Waals surface area contributed by atoms with Crippen LogP contribution in [0.5, 0.6) is 0 Å². The molecule has 0 amide bonds. The zero-order chi connectivity index (χ0) is 12.9. The minimum Gasteiger partial charge on any atom is -0.308 e. The zero-order valence-corrected chi connectivity index (χ0v) is 11.0. The first-order valence-corrected chi connectivity index (χ1v) is 7.02. The van der Waals surface area contributed by atoms with E-state index in [0.29, 0.717) is 12.1 Å². The lowest BCUT2D eigenvalue weighted by molar-refractivity contribution is 0.432. The molecule has 3 rings (SSSR count). The summed E-state index contributed by atoms with van der Waals surface area (Å²) in [5.74, 6) is 0. The van der Waals surface area contributed by atoms with Crippen molar-refractivity contribution in [2.24, 2.45) is 0 Å². The van der Waals surface area contributed by atoms with Crippen LogP contribution in [0.3, 0.4) is 0 Å². The first kappa shape index (κ1) is 12.4. The van der Waals surface area contributed by atoms with Crippen molar-refractivity contribution in [1.82, 2.24) is 10.6 Å². The molecular weight excluding hydrogens is 232 g/mol. The lowest BCUT2D eigenvalue weighted by atomic mass is 9.93. The molecule has 0 unspecified atom stereocenters. The van der Waals surface area contributed by atoms with E-state index in [-0.39, 0.29) is 0 Å². The minimum absolute atomic E-state index is 0.339. The second-order valence-electron chi connectivity index (χ2n) is 5.04. The molecular formula is C17H20N2. The summed E-state index contributed by atoms with van der Waals surface area (Å²) in [6.07, 6.45) is 1.17. The van der Waals surface area contributed by atoms with Crippen molar-refractivity contribution in [2.75, 3.05) is 13.1 Å². The van der Waals surface area contributed by atoms with E-state index in [4.69, 9.17) is 0 Å². The van der Waals surface area contributed by atoms with E-state index in [0.717, 1.165) is 13.1 Å². The summed E-state index contributed by atoms with van der Waals surface area (Å²) in [4.78, 5) is 0. The first-order chi connectivity index (χ1) is 9.45. The van der Waals surface area contributed by atoms with Crippen molar-refractivity contribution in [3.05, 3.63) is 71.8 Å². The summed E-state index contributed by atoms with van der Waals surface area (Å²) < 4.78 is 0. The highest BCUT2D eigenvalue weighted by molar-refractivity contribution is 5.28. The van der Waals surface area contributed by atoms with Crippen LogP contribution in [0.15, 0.2) is 60.7 Å². The predicted molar refractivity (Wildman–Crippen MR) is 79.0 cm³/mol. The van der Waals surface area contributed by atoms with Gasteiger partial charge < -0.3 is 10.6 Å². The fourth-order valence-corrected chi connectivity index (χ4v) is 2.78. The minimum atomic E-state index is 0.339. The molecule has 0 radical (unpaired) electrons. The Morgan fingerprint density at radius 1 is 0.632 bits per heavy atom. The number of hydrogen-bond acceptors (Lipinski definition) is 2. The molecule has 2 heteroatoms. The molecule has 1 fully saturated rings. The highest BCUT2D eigenvalue weighted by Crippen LogP contribution is 2.29. The van der Waals surface area contributed by atoms with Gasteiger partial charge in [-0.05, 0) is 30.6 Å². The molecule has 1 heterocycles. The smallest absolute Gasteiger partial charge is 0.0518 e. The molecule has 2 aromatic rings. The van der Waals surface area contributed by atoms with E-state index in [1.54, 1.807) is 0 Å². The average molecular weight is 252 g/mol. The second kappa shape index (κ2) is 6.00. The Bertz CT molecular complexity index is 448. The summed E-state index contributed by atoms with van der Waals surface area (Å²) in [6, 6.07) is 22.1. The second-order valence-corrected chi connectivity index (χ2v) is 5.04. The van der Waals surface area contributed by atoms with E-state index in [2.05, 4.69) is 71.3 Å². The Balaban J connectivity index is 1.94. The van der Waals surface area contributed by atoms with Gasteiger partial charge in [0.2, 0.25) is 0 Å². The van der Waals surface area contributed by atoms with Gasteiger partial charge in [0.05, 0.1) is 12.1 Å². The van der Waals surface area contributed by atoms with E-state index in [1.807, 2.05) is 0 Å². The van der Waals surface area contributed by atoms with E-state index >= 15 is 0 Å². The number of rotatable bonds is 2. The molecule has 2 atom stereocenters. The topological polar surface area (TPSA) is 24.1 Å². The van der Waals surface area contributed by atoms with Crippen LogP contribution in [-0.4, -0.2) is 13.1 Å². The van der Waals surface area contributed by atoms with E-state index in [9.17, 15) is 0 Å². The third-order valence-corrected chi connectivity index (χ3v) is 3.73. The number of benzene rings is 2. The Morgan fingerprint density at radius 3 is 1.47 bits per heavy atom. The third kappa shape index (κ3) is 2.86. The molecule has 19 heavy (non-hydrogen) atoms. The maximum atomic E-state index is 3.68. The van der Waals surface area contributed by atoms with Crippen LogP contribution in [0.25, 0.3) is 0 Å². The normalized spacial score (nSPS) is 23.8. The van der Waals surface area contributed by atoms with Gasteiger partial charge in [-0.25, -0.2) is 0 Å². The van der Waals surface area contributed by atoms with Crippen molar-refractivity contribution >= 4 is 0 Å². The van der Waals surface area contributed by atoms with Gasteiger partial charge in [0.1, 0.15) is 0 Å². The Kier molecular flexibility index (Phi) is 3.92. The molecule has 2 nitrogen and oxygen atoms in total. The van der Waals surface area contributed by atoms with Crippen molar-refractivity contribution in [3.8, 4) is 0 Å². The Morgan fingerprint density at radius 2 is 1.05 bits per heavy atom. The van der Waals surface area contributed by atoms with Gasteiger partial charge in [-0.1, -0.05) is 60.7 Å². The SMILES string of the molecule is c1ccc([C@H]2NCCCN[C@@H]2c2ccccc2)cc1. The van der Waals surface area contributed by atoms with Crippen molar-refractivity contribution in [3.63, 3.8) is 0 Å². The van der Waals surface area contributed by atoms with Crippen LogP contribution in [0.1, 0.15) is 29.6 Å². The molecule has 0 saturated carbocycles. The standard InChI is InChI=1S/C17H20N2/c1-3-8-14(9-4-1)16-17(19-13-7-12-18-16)15-10-5-2-6-11-15/h1-6,8-11,16-19H,7,12-13H2/t16-,17-/m1/s1. The molecule has 0 bridgehead atoms. The number of nitrogens with one attached hydrogen (secondary N) is 2. The molecule has 2 aromatic carbocycles. The third-order valence-electron chi connectivity index (χ3n) is 3.73. The molecule has 98 valence electrons. The summed E-state index contributed by atoms with van der Waals surface area (Å²) in [5.41, 5.74) is 2.71. The van der Waals surface area contributed by atoms with Gasteiger partial charge in [-0.15, -0.1) is 0 Å². The molecule has 1 aliphatic heterocycles. The lowest BCUT2D eigenvalue weighted by Gasteiger charge is -2.27. The maximum absolute atomic E-state index is 3.68. The summed E-state index contributed by atoms with van der Waals surface area (Å²) >= 11 is 0. The van der Waals surface area contributed by atoms with Gasteiger partial charge in [0.15, 0.2) is 0 Å². The fourth-order valence-electron chi connectivity index (χ4n) is 2.78. The van der Waals surface area contributed by atoms with Crippen LogP contribution in [0, 0.1) is 0 Å². The Hall–Kier alpha value is -1.64. The number of hydrogen-bond donors (Lipinski definition) is 2. The highest BCUT2D eigenvalue weighted by atomic mass is 15.0. The van der Waals surface area contributed by atoms with Gasteiger partial charge in [-0.2, -0.15) is 0 Å². The molecule has 1 aliphatic rings. The van der Waals surface area contributed by atoms with Gasteiger partial charge in [0.25, 0.3) is 0 Å². The summed E-state index contributed by atoms with van der Waals surface area (Å²) in [7, 11) is 0. The van der Waals surface area contributed by atoms with Crippen molar-refractivity contribution < 1.29 is 0 Å². The maximum Gasteiger partial charge on any atom is 0.0518 e. The van der Waals surface area contributed by atoms with Crippen LogP contribution in [-0.2, 0) is 0 Å². The zero-order valence-electron chi connectivity index (χ0n) is 11.0. The highest BCUT2D eigenvalue weighted by Gasteiger charge is 2.25. The van der Waals surface area contributed by atoms with E-state index < -0.39 is 0 Å². The Labute approximate surface area is 114 Å². The van der Waals surface area contributed by atoms with Crippen LogP contribution < -0.4 is 10.6 Å². The van der Waals surface area contributed by atoms with Crippen molar-refractivity contribution in [2.45, 2.75) is 18.5 Å². The largest absolute Gasteiger partial charge is 0.308 e. The van der Waals surface area contributed by atoms with Crippen LogP contribution in [0.4, 0.5) is 0 Å². The molecule has 1 saturated heterocycles. The predicted octanol–water partition coefficient (Wildman–Crippen LogP) is 3.05. The first-order valence-electron chi connectivity index (χ1n) is 7.02. The monoisotopic (exact) mass is 252 g/mol. The van der Waals surface area contributed by atoms with E-state index in [1.165, 1.54) is 17.5 Å². The fraction of sp³-hybridized carbons (Fsp3) is 0.294. The quantitative estimate of drug-likeness (QED) is 0.858. The molecule has 0 spiro atoms. The van der Waals surface area contributed by atoms with Gasteiger partial charge >= 0.3 is 0 Å². The van der Waals surface area contributed by atoms with Crippen LogP contribution >= 0.6 is 0 Å². The molecule has 2 N–H and O–H groups in total.